The Kier molecular flexibility index (Phi) is 3.39. The van der Waals surface area contributed by atoms with E-state index in [0.29, 0.717) is 0 Å². The number of alkyl halides is 3. The Morgan fingerprint density at radius 2 is 2.05 bits per heavy atom. The highest BCUT2D eigenvalue weighted by atomic mass is 19.4. The summed E-state index contributed by atoms with van der Waals surface area (Å²) in [5.74, 6) is -0.977. The maximum Gasteiger partial charge on any atom is 0.573 e. The van der Waals surface area contributed by atoms with E-state index in [1.165, 1.54) is 19.1 Å². The van der Waals surface area contributed by atoms with E-state index in [1.807, 2.05) is 0 Å². The van der Waals surface area contributed by atoms with E-state index >= 15 is 0 Å². The van der Waals surface area contributed by atoms with Gasteiger partial charge >= 0.3 is 6.36 Å². The van der Waals surface area contributed by atoms with Gasteiger partial charge in [-0.05, 0) is 19.1 Å². The smallest absolute Gasteiger partial charge is 0.493 e. The summed E-state index contributed by atoms with van der Waals surface area (Å²) >= 11 is 0. The third-order valence-corrected chi connectivity index (χ3v) is 2.47. The lowest BCUT2D eigenvalue weighted by molar-refractivity contribution is -0.274. The molecule has 0 aliphatic carbocycles. The molecule has 0 aliphatic heterocycles. The van der Waals surface area contributed by atoms with Gasteiger partial charge < -0.3 is 14.8 Å². The monoisotopic (exact) mass is 286 g/mol. The average molecular weight is 286 g/mol. The summed E-state index contributed by atoms with van der Waals surface area (Å²) in [5, 5.41) is 9.46. The molecule has 5 nitrogen and oxygen atoms in total. The molecule has 0 radical (unpaired) electrons. The largest absolute Gasteiger partial charge is 0.573 e. The summed E-state index contributed by atoms with van der Waals surface area (Å²) in [4.78, 5) is 17.5. The second kappa shape index (κ2) is 4.87. The quantitative estimate of drug-likeness (QED) is 0.888. The van der Waals surface area contributed by atoms with Crippen molar-refractivity contribution in [2.24, 2.45) is 0 Å². The summed E-state index contributed by atoms with van der Waals surface area (Å²) in [6.45, 7) is 1.37. The summed E-state index contributed by atoms with van der Waals surface area (Å²) in [5.41, 5.74) is -0.370. The third-order valence-electron chi connectivity index (χ3n) is 2.47. The zero-order valence-corrected chi connectivity index (χ0v) is 10.2. The first-order chi connectivity index (χ1) is 9.26. The minimum Gasteiger partial charge on any atom is -0.493 e. The minimum atomic E-state index is -4.81. The average Bonchev–Trinajstić information content (AvgIpc) is 2.33. The second-order valence-corrected chi connectivity index (χ2v) is 3.94. The molecule has 20 heavy (non-hydrogen) atoms. The second-order valence-electron chi connectivity index (χ2n) is 3.94. The van der Waals surface area contributed by atoms with Crippen LogP contribution in [0.4, 0.5) is 13.2 Å². The first-order valence-corrected chi connectivity index (χ1v) is 5.42. The van der Waals surface area contributed by atoms with Crippen LogP contribution in [0, 0.1) is 6.92 Å². The first kappa shape index (κ1) is 13.9. The molecule has 0 aliphatic rings. The van der Waals surface area contributed by atoms with Gasteiger partial charge in [-0.15, -0.1) is 13.2 Å². The van der Waals surface area contributed by atoms with E-state index < -0.39 is 23.6 Å². The van der Waals surface area contributed by atoms with Crippen LogP contribution in [-0.4, -0.2) is 21.4 Å². The number of rotatable bonds is 2. The Labute approximate surface area is 110 Å². The lowest BCUT2D eigenvalue weighted by atomic mass is 10.2. The number of nitrogens with one attached hydrogen (secondary N) is 1. The molecule has 1 aromatic carbocycles. The van der Waals surface area contributed by atoms with Gasteiger partial charge in [-0.3, -0.25) is 4.79 Å². The van der Waals surface area contributed by atoms with Gasteiger partial charge in [0.05, 0.1) is 5.56 Å². The van der Waals surface area contributed by atoms with E-state index in [1.54, 1.807) is 0 Å². The van der Waals surface area contributed by atoms with Gasteiger partial charge in [0.1, 0.15) is 11.6 Å². The van der Waals surface area contributed by atoms with Gasteiger partial charge in [-0.25, -0.2) is 0 Å². The number of halogens is 3. The Hall–Kier alpha value is -2.51. The third kappa shape index (κ3) is 3.08. The molecule has 2 rings (SSSR count). The van der Waals surface area contributed by atoms with Gasteiger partial charge in [0.15, 0.2) is 0 Å². The molecular formula is C12H9F3N2O3. The number of hydrogen-bond acceptors (Lipinski definition) is 4. The molecule has 0 bridgehead atoms. The topological polar surface area (TPSA) is 75.2 Å². The van der Waals surface area contributed by atoms with Crippen LogP contribution >= 0.6 is 0 Å². The lowest BCUT2D eigenvalue weighted by Crippen LogP contribution is -2.17. The maximum atomic E-state index is 12.1. The molecule has 1 aromatic heterocycles. The van der Waals surface area contributed by atoms with Crippen LogP contribution in [0.3, 0.4) is 0 Å². The zero-order chi connectivity index (χ0) is 14.9. The van der Waals surface area contributed by atoms with Crippen molar-refractivity contribution in [3.05, 3.63) is 40.2 Å². The van der Waals surface area contributed by atoms with Crippen LogP contribution in [0.25, 0.3) is 11.4 Å². The van der Waals surface area contributed by atoms with Crippen molar-refractivity contribution >= 4 is 0 Å². The standard InChI is InChI=1S/C12H9F3N2O3/c1-6-10(18)16-9(17-11(6)19)7-3-2-4-8(5-7)20-12(13,14)15/h2-5H,1H3,(H2,16,17,18,19). The number of benzene rings is 1. The molecule has 0 amide bonds. The molecule has 0 unspecified atom stereocenters. The number of ether oxygens (including phenoxy) is 1. The first-order valence-electron chi connectivity index (χ1n) is 5.42. The van der Waals surface area contributed by atoms with Crippen LogP contribution in [0.1, 0.15) is 5.56 Å². The molecule has 0 saturated carbocycles. The van der Waals surface area contributed by atoms with Gasteiger partial charge in [0, 0.05) is 5.56 Å². The number of aromatic hydroxyl groups is 1. The van der Waals surface area contributed by atoms with Crippen LogP contribution < -0.4 is 10.3 Å². The highest BCUT2D eigenvalue weighted by Gasteiger charge is 2.31. The SMILES string of the molecule is Cc1c(O)nc(-c2cccc(OC(F)(F)F)c2)[nH]c1=O. The van der Waals surface area contributed by atoms with Crippen molar-refractivity contribution in [1.29, 1.82) is 0 Å². The van der Waals surface area contributed by atoms with Crippen LogP contribution in [0.15, 0.2) is 29.1 Å². The predicted molar refractivity (Wildman–Crippen MR) is 63.4 cm³/mol. The van der Waals surface area contributed by atoms with E-state index in [2.05, 4.69) is 14.7 Å². The van der Waals surface area contributed by atoms with Gasteiger partial charge in [-0.2, -0.15) is 4.98 Å². The fourth-order valence-electron chi connectivity index (χ4n) is 1.50. The molecule has 0 atom stereocenters. The Balaban J connectivity index is 2.44. The molecule has 1 heterocycles. The molecule has 0 spiro atoms. The van der Waals surface area contributed by atoms with Crippen molar-refractivity contribution in [3.8, 4) is 23.0 Å². The highest BCUT2D eigenvalue weighted by molar-refractivity contribution is 5.58. The van der Waals surface area contributed by atoms with Crippen LogP contribution in [0.5, 0.6) is 11.6 Å². The highest BCUT2D eigenvalue weighted by Crippen LogP contribution is 2.26. The van der Waals surface area contributed by atoms with Crippen LogP contribution in [-0.2, 0) is 0 Å². The normalized spacial score (nSPS) is 11.4. The van der Waals surface area contributed by atoms with Crippen molar-refractivity contribution in [3.63, 3.8) is 0 Å². The number of hydrogen-bond donors (Lipinski definition) is 2. The van der Waals surface area contributed by atoms with E-state index in [4.69, 9.17) is 0 Å². The summed E-state index contributed by atoms with van der Waals surface area (Å²) < 4.78 is 40.1. The Bertz CT molecular complexity index is 695. The number of H-pyrrole nitrogens is 1. The van der Waals surface area contributed by atoms with E-state index in [0.717, 1.165) is 12.1 Å². The van der Waals surface area contributed by atoms with Crippen molar-refractivity contribution in [2.45, 2.75) is 13.3 Å². The van der Waals surface area contributed by atoms with Crippen molar-refractivity contribution in [2.75, 3.05) is 0 Å². The summed E-state index contributed by atoms with van der Waals surface area (Å²) in [6, 6.07) is 4.91. The van der Waals surface area contributed by atoms with E-state index in [9.17, 15) is 23.1 Å². The molecule has 0 fully saturated rings. The van der Waals surface area contributed by atoms with Gasteiger partial charge in [-0.1, -0.05) is 12.1 Å². The molecule has 8 heteroatoms. The van der Waals surface area contributed by atoms with Gasteiger partial charge in [0.25, 0.3) is 5.56 Å². The van der Waals surface area contributed by atoms with Crippen molar-refractivity contribution in [1.82, 2.24) is 9.97 Å². The molecule has 106 valence electrons. The molecule has 0 saturated heterocycles. The van der Waals surface area contributed by atoms with Crippen molar-refractivity contribution < 1.29 is 23.0 Å². The predicted octanol–water partition coefficient (Wildman–Crippen LogP) is 2.35. The Morgan fingerprint density at radius 3 is 2.65 bits per heavy atom. The molecule has 2 aromatic rings. The number of nitrogens with zero attached hydrogens (tertiary/aromatic N) is 1. The fraction of sp³-hybridized carbons (Fsp3) is 0.167. The zero-order valence-electron chi connectivity index (χ0n) is 10.2. The molecule has 2 N–H and O–H groups in total. The minimum absolute atomic E-state index is 0.0245. The fourth-order valence-corrected chi connectivity index (χ4v) is 1.50. The lowest BCUT2D eigenvalue weighted by Gasteiger charge is -2.10. The Morgan fingerprint density at radius 1 is 1.35 bits per heavy atom. The molecular weight excluding hydrogens is 277 g/mol. The maximum absolute atomic E-state index is 12.1. The summed E-state index contributed by atoms with van der Waals surface area (Å²) in [7, 11) is 0. The number of aromatic amines is 1. The summed E-state index contributed by atoms with van der Waals surface area (Å²) in [6.07, 6.45) is -4.81. The number of aromatic nitrogens is 2. The van der Waals surface area contributed by atoms with E-state index in [-0.39, 0.29) is 17.0 Å². The van der Waals surface area contributed by atoms with Gasteiger partial charge in [0.2, 0.25) is 5.88 Å². The van der Waals surface area contributed by atoms with Crippen LogP contribution in [0.2, 0.25) is 0 Å².